The standard InChI is InChI=1S/C22H21N3O4/c23-12-9-15-1-3-16(4-2-15)20(26)24-19-7-5-17(6-8-19)21(27)25-13-10-18(11-14-25)22(28)29/h1-8,18H,9-11,13-14H2,(H,24,26)(H,28,29). The van der Waals surface area contributed by atoms with E-state index in [0.717, 1.165) is 5.56 Å². The smallest absolute Gasteiger partial charge is 0.306 e. The second-order valence-corrected chi connectivity index (χ2v) is 6.97. The van der Waals surface area contributed by atoms with Gasteiger partial charge in [0.1, 0.15) is 0 Å². The van der Waals surface area contributed by atoms with Crippen LogP contribution in [0.5, 0.6) is 0 Å². The molecule has 1 saturated heterocycles. The van der Waals surface area contributed by atoms with Gasteiger partial charge in [0.15, 0.2) is 0 Å². The molecule has 0 aromatic heterocycles. The van der Waals surface area contributed by atoms with Crippen LogP contribution in [0.2, 0.25) is 0 Å². The Kier molecular flexibility index (Phi) is 6.25. The number of rotatable bonds is 5. The van der Waals surface area contributed by atoms with Gasteiger partial charge in [0.05, 0.1) is 18.4 Å². The van der Waals surface area contributed by atoms with Crippen LogP contribution in [0.1, 0.15) is 39.1 Å². The van der Waals surface area contributed by atoms with Crippen LogP contribution in [0.15, 0.2) is 48.5 Å². The lowest BCUT2D eigenvalue weighted by Gasteiger charge is -2.30. The van der Waals surface area contributed by atoms with Crippen LogP contribution in [0.3, 0.4) is 0 Å². The number of aliphatic carboxylic acids is 1. The van der Waals surface area contributed by atoms with E-state index in [1.54, 1.807) is 53.4 Å². The third-order valence-electron chi connectivity index (χ3n) is 5.02. The summed E-state index contributed by atoms with van der Waals surface area (Å²) < 4.78 is 0. The summed E-state index contributed by atoms with van der Waals surface area (Å²) >= 11 is 0. The maximum absolute atomic E-state index is 12.6. The highest BCUT2D eigenvalue weighted by molar-refractivity contribution is 6.04. The lowest BCUT2D eigenvalue weighted by Crippen LogP contribution is -2.40. The van der Waals surface area contributed by atoms with E-state index in [1.165, 1.54) is 0 Å². The van der Waals surface area contributed by atoms with Crippen molar-refractivity contribution >= 4 is 23.5 Å². The third kappa shape index (κ3) is 4.99. The molecule has 2 aromatic rings. The second kappa shape index (κ2) is 9.02. The van der Waals surface area contributed by atoms with E-state index in [4.69, 9.17) is 10.4 Å². The zero-order valence-corrected chi connectivity index (χ0v) is 15.8. The maximum atomic E-state index is 12.6. The molecule has 1 aliphatic heterocycles. The predicted molar refractivity (Wildman–Crippen MR) is 106 cm³/mol. The highest BCUT2D eigenvalue weighted by atomic mass is 16.4. The van der Waals surface area contributed by atoms with E-state index in [9.17, 15) is 14.4 Å². The number of carboxylic acid groups (broad SMARTS) is 1. The van der Waals surface area contributed by atoms with Crippen molar-refractivity contribution in [2.24, 2.45) is 5.92 Å². The summed E-state index contributed by atoms with van der Waals surface area (Å²) in [5.74, 6) is -1.61. The molecule has 3 rings (SSSR count). The normalized spacial score (nSPS) is 14.1. The van der Waals surface area contributed by atoms with Crippen molar-refractivity contribution < 1.29 is 19.5 Å². The number of nitrogens with zero attached hydrogens (tertiary/aromatic N) is 2. The molecule has 0 unspecified atom stereocenters. The first-order valence-electron chi connectivity index (χ1n) is 9.37. The highest BCUT2D eigenvalue weighted by Gasteiger charge is 2.27. The fraction of sp³-hybridized carbons (Fsp3) is 0.273. The summed E-state index contributed by atoms with van der Waals surface area (Å²) in [6.07, 6.45) is 1.22. The van der Waals surface area contributed by atoms with Gasteiger partial charge in [0, 0.05) is 29.9 Å². The molecule has 7 nitrogen and oxygen atoms in total. The van der Waals surface area contributed by atoms with Crippen molar-refractivity contribution in [2.45, 2.75) is 19.3 Å². The quantitative estimate of drug-likeness (QED) is 0.814. The van der Waals surface area contributed by atoms with Crippen LogP contribution < -0.4 is 5.32 Å². The number of benzene rings is 2. The number of likely N-dealkylation sites (tertiary alicyclic amines) is 1. The molecule has 0 saturated carbocycles. The molecule has 29 heavy (non-hydrogen) atoms. The average molecular weight is 391 g/mol. The Morgan fingerprint density at radius 2 is 1.59 bits per heavy atom. The number of carbonyl (C=O) groups excluding carboxylic acids is 2. The van der Waals surface area contributed by atoms with Gasteiger partial charge < -0.3 is 15.3 Å². The van der Waals surface area contributed by atoms with Gasteiger partial charge in [0.25, 0.3) is 11.8 Å². The van der Waals surface area contributed by atoms with E-state index in [2.05, 4.69) is 11.4 Å². The van der Waals surface area contributed by atoms with Gasteiger partial charge >= 0.3 is 5.97 Å². The Morgan fingerprint density at radius 1 is 1.00 bits per heavy atom. The number of piperidine rings is 1. The lowest BCUT2D eigenvalue weighted by atomic mass is 9.96. The van der Waals surface area contributed by atoms with Gasteiger partial charge in [0.2, 0.25) is 0 Å². The minimum Gasteiger partial charge on any atom is -0.481 e. The van der Waals surface area contributed by atoms with Crippen LogP contribution in [0, 0.1) is 17.2 Å². The first-order chi connectivity index (χ1) is 14.0. The molecule has 1 aliphatic rings. The fourth-order valence-electron chi connectivity index (χ4n) is 3.28. The molecule has 148 valence electrons. The van der Waals surface area contributed by atoms with Gasteiger partial charge in [-0.3, -0.25) is 14.4 Å². The number of hydrogen-bond acceptors (Lipinski definition) is 4. The van der Waals surface area contributed by atoms with Crippen LogP contribution >= 0.6 is 0 Å². The molecule has 1 heterocycles. The number of amides is 2. The van der Waals surface area contributed by atoms with Crippen molar-refractivity contribution in [1.82, 2.24) is 4.90 Å². The van der Waals surface area contributed by atoms with E-state index >= 15 is 0 Å². The molecule has 2 amide bonds. The fourth-order valence-corrected chi connectivity index (χ4v) is 3.28. The topological polar surface area (TPSA) is 111 Å². The second-order valence-electron chi connectivity index (χ2n) is 6.97. The van der Waals surface area contributed by atoms with E-state index in [0.29, 0.717) is 49.2 Å². The lowest BCUT2D eigenvalue weighted by molar-refractivity contribution is -0.143. The molecular formula is C22H21N3O4. The summed E-state index contributed by atoms with van der Waals surface area (Å²) in [5.41, 5.74) is 2.39. The third-order valence-corrected chi connectivity index (χ3v) is 5.02. The van der Waals surface area contributed by atoms with Crippen LogP contribution in [-0.2, 0) is 11.2 Å². The van der Waals surface area contributed by atoms with Gasteiger partial charge in [-0.25, -0.2) is 0 Å². The first-order valence-corrected chi connectivity index (χ1v) is 9.37. The molecular weight excluding hydrogens is 370 g/mol. The molecule has 0 radical (unpaired) electrons. The van der Waals surface area contributed by atoms with Crippen molar-refractivity contribution in [2.75, 3.05) is 18.4 Å². The Hall–Kier alpha value is -3.66. The number of nitrogens with one attached hydrogen (secondary N) is 1. The summed E-state index contributed by atoms with van der Waals surface area (Å²) in [5, 5.41) is 20.5. The summed E-state index contributed by atoms with van der Waals surface area (Å²) in [7, 11) is 0. The molecule has 2 aromatic carbocycles. The Labute approximate surface area is 168 Å². The molecule has 0 spiro atoms. The van der Waals surface area contributed by atoms with E-state index < -0.39 is 5.97 Å². The number of carboxylic acids is 1. The summed E-state index contributed by atoms with van der Waals surface area (Å²) in [4.78, 5) is 37.6. The largest absolute Gasteiger partial charge is 0.481 e. The Balaban J connectivity index is 1.58. The van der Waals surface area contributed by atoms with E-state index in [-0.39, 0.29) is 17.7 Å². The van der Waals surface area contributed by atoms with Crippen LogP contribution in [0.4, 0.5) is 5.69 Å². The maximum Gasteiger partial charge on any atom is 0.306 e. The summed E-state index contributed by atoms with van der Waals surface area (Å²) in [6.45, 7) is 0.853. The number of carbonyl (C=O) groups is 3. The van der Waals surface area contributed by atoms with Gasteiger partial charge in [-0.1, -0.05) is 12.1 Å². The molecule has 1 fully saturated rings. The van der Waals surface area contributed by atoms with Crippen molar-refractivity contribution in [3.8, 4) is 6.07 Å². The molecule has 0 aliphatic carbocycles. The van der Waals surface area contributed by atoms with Gasteiger partial charge in [-0.2, -0.15) is 5.26 Å². The van der Waals surface area contributed by atoms with Gasteiger partial charge in [-0.05, 0) is 54.8 Å². The molecule has 0 bridgehead atoms. The number of anilines is 1. The first kappa shape index (κ1) is 20.1. The number of nitriles is 1. The van der Waals surface area contributed by atoms with Crippen molar-refractivity contribution in [3.63, 3.8) is 0 Å². The highest BCUT2D eigenvalue weighted by Crippen LogP contribution is 2.20. The SMILES string of the molecule is N#CCc1ccc(C(=O)Nc2ccc(C(=O)N3CCC(C(=O)O)CC3)cc2)cc1. The average Bonchev–Trinajstić information content (AvgIpc) is 2.74. The van der Waals surface area contributed by atoms with E-state index in [1.807, 2.05) is 0 Å². The summed E-state index contributed by atoms with van der Waals surface area (Å²) in [6, 6.07) is 15.5. The molecule has 7 heteroatoms. The number of hydrogen-bond donors (Lipinski definition) is 2. The van der Waals surface area contributed by atoms with Crippen LogP contribution in [0.25, 0.3) is 0 Å². The van der Waals surface area contributed by atoms with Crippen LogP contribution in [-0.4, -0.2) is 40.9 Å². The Morgan fingerprint density at radius 3 is 2.14 bits per heavy atom. The Bertz CT molecular complexity index is 938. The van der Waals surface area contributed by atoms with Crippen molar-refractivity contribution in [1.29, 1.82) is 5.26 Å². The monoisotopic (exact) mass is 391 g/mol. The molecule has 2 N–H and O–H groups in total. The zero-order chi connectivity index (χ0) is 20.8. The minimum absolute atomic E-state index is 0.139. The predicted octanol–water partition coefficient (Wildman–Crippen LogP) is 2.94. The van der Waals surface area contributed by atoms with Gasteiger partial charge in [-0.15, -0.1) is 0 Å². The molecule has 0 atom stereocenters. The minimum atomic E-state index is -0.808. The zero-order valence-electron chi connectivity index (χ0n) is 15.8. The van der Waals surface area contributed by atoms with Crippen molar-refractivity contribution in [3.05, 3.63) is 65.2 Å².